The molecular weight excluding hydrogens is 302 g/mol. The highest BCUT2D eigenvalue weighted by atomic mass is 35.5. The number of halogens is 1. The number of aromatic nitrogens is 2. The van der Waals surface area contributed by atoms with Crippen molar-refractivity contribution in [3.63, 3.8) is 0 Å². The Morgan fingerprint density at radius 3 is 2.73 bits per heavy atom. The summed E-state index contributed by atoms with van der Waals surface area (Å²) in [4.78, 5) is 13.6. The maximum Gasteiger partial charge on any atom is 0.228 e. The Labute approximate surface area is 138 Å². The molecule has 0 amide bonds. The van der Waals surface area contributed by atoms with Crippen LogP contribution in [0, 0.1) is 5.41 Å². The molecule has 7 heteroatoms. The Balaban J connectivity index is 0.00000176. The van der Waals surface area contributed by atoms with Crippen molar-refractivity contribution in [3.8, 4) is 5.88 Å². The summed E-state index contributed by atoms with van der Waals surface area (Å²) < 4.78 is 5.17. The first kappa shape index (κ1) is 17.2. The summed E-state index contributed by atoms with van der Waals surface area (Å²) in [5.41, 5.74) is 0.439. The van der Waals surface area contributed by atoms with Gasteiger partial charge in [0.1, 0.15) is 0 Å². The summed E-state index contributed by atoms with van der Waals surface area (Å²) >= 11 is 0. The third kappa shape index (κ3) is 4.00. The van der Waals surface area contributed by atoms with E-state index in [2.05, 4.69) is 32.0 Å². The molecule has 124 valence electrons. The third-order valence-electron chi connectivity index (χ3n) is 4.54. The molecule has 0 radical (unpaired) electrons. The minimum atomic E-state index is 0. The van der Waals surface area contributed by atoms with Crippen molar-refractivity contribution >= 4 is 18.4 Å². The van der Waals surface area contributed by atoms with Gasteiger partial charge in [-0.2, -0.15) is 4.98 Å². The largest absolute Gasteiger partial charge is 0.481 e. The molecule has 1 N–H and O–H groups in total. The monoisotopic (exact) mass is 327 g/mol. The van der Waals surface area contributed by atoms with Crippen molar-refractivity contribution in [2.45, 2.75) is 13.3 Å². The second kappa shape index (κ2) is 7.44. The normalized spacial score (nSPS) is 25.8. The number of methoxy groups -OCH3 is 1. The molecule has 0 bridgehead atoms. The predicted molar refractivity (Wildman–Crippen MR) is 90.1 cm³/mol. The Morgan fingerprint density at radius 1 is 1.32 bits per heavy atom. The lowest BCUT2D eigenvalue weighted by Crippen LogP contribution is -2.50. The van der Waals surface area contributed by atoms with Crippen LogP contribution in [0.25, 0.3) is 0 Å². The molecule has 6 nitrogen and oxygen atoms in total. The second-order valence-corrected chi connectivity index (χ2v) is 6.40. The van der Waals surface area contributed by atoms with Gasteiger partial charge >= 0.3 is 0 Å². The van der Waals surface area contributed by atoms with Crippen LogP contribution in [-0.2, 0) is 0 Å². The Hall–Kier alpha value is -1.11. The van der Waals surface area contributed by atoms with Gasteiger partial charge in [0.05, 0.1) is 7.11 Å². The topological polar surface area (TPSA) is 53.5 Å². The van der Waals surface area contributed by atoms with Crippen molar-refractivity contribution in [2.75, 3.05) is 57.8 Å². The van der Waals surface area contributed by atoms with E-state index < -0.39 is 0 Å². The summed E-state index contributed by atoms with van der Waals surface area (Å²) in [5, 5.41) is 3.48. The third-order valence-corrected chi connectivity index (χ3v) is 4.54. The average Bonchev–Trinajstić information content (AvgIpc) is 2.94. The number of anilines is 1. The molecular formula is C15H26ClN5O. The maximum absolute atomic E-state index is 5.17. The van der Waals surface area contributed by atoms with Crippen molar-refractivity contribution in [1.29, 1.82) is 0 Å². The van der Waals surface area contributed by atoms with Crippen molar-refractivity contribution in [3.05, 3.63) is 12.3 Å². The highest BCUT2D eigenvalue weighted by Gasteiger charge is 2.32. The molecule has 2 saturated heterocycles. The molecule has 3 heterocycles. The first-order chi connectivity index (χ1) is 10.2. The standard InChI is InChI=1S/C15H25N5O.ClH/c1-15(4-6-16-11-15)12-19-7-9-20(10-8-19)14-17-5-3-13(18-14)21-2;/h3,5,16H,4,6-12H2,1-2H3;1H. The van der Waals surface area contributed by atoms with E-state index in [1.165, 1.54) is 13.0 Å². The fraction of sp³-hybridized carbons (Fsp3) is 0.733. The molecule has 3 rings (SSSR count). The van der Waals surface area contributed by atoms with Crippen molar-refractivity contribution in [1.82, 2.24) is 20.2 Å². The number of hydrogen-bond acceptors (Lipinski definition) is 6. The molecule has 0 spiro atoms. The SMILES string of the molecule is COc1ccnc(N2CCN(CC3(C)CCNC3)CC2)n1.Cl. The number of nitrogens with zero attached hydrogens (tertiary/aromatic N) is 4. The summed E-state index contributed by atoms with van der Waals surface area (Å²) in [6.07, 6.45) is 3.05. The maximum atomic E-state index is 5.17. The van der Waals surface area contributed by atoms with E-state index in [4.69, 9.17) is 4.74 Å². The minimum Gasteiger partial charge on any atom is -0.481 e. The van der Waals surface area contributed by atoms with E-state index in [9.17, 15) is 0 Å². The summed E-state index contributed by atoms with van der Waals surface area (Å²) in [7, 11) is 1.64. The Kier molecular flexibility index (Phi) is 5.83. The fourth-order valence-corrected chi connectivity index (χ4v) is 3.25. The van der Waals surface area contributed by atoms with Gasteiger partial charge in [-0.1, -0.05) is 6.92 Å². The number of ether oxygens (including phenoxy) is 1. The molecule has 0 aliphatic carbocycles. The van der Waals surface area contributed by atoms with Crippen LogP contribution in [0.2, 0.25) is 0 Å². The summed E-state index contributed by atoms with van der Waals surface area (Å²) in [6.45, 7) is 10.0. The first-order valence-corrected chi connectivity index (χ1v) is 7.74. The van der Waals surface area contributed by atoms with E-state index in [0.717, 1.165) is 45.2 Å². The molecule has 2 fully saturated rings. The minimum absolute atomic E-state index is 0. The number of nitrogens with one attached hydrogen (secondary N) is 1. The van der Waals surface area contributed by atoms with Gasteiger partial charge in [-0.15, -0.1) is 12.4 Å². The zero-order valence-corrected chi connectivity index (χ0v) is 14.2. The predicted octanol–water partition coefficient (Wildman–Crippen LogP) is 1.03. The van der Waals surface area contributed by atoms with Crippen LogP contribution in [0.5, 0.6) is 5.88 Å². The lowest BCUT2D eigenvalue weighted by molar-refractivity contribution is 0.169. The Morgan fingerprint density at radius 2 is 2.09 bits per heavy atom. The lowest BCUT2D eigenvalue weighted by Gasteiger charge is -2.38. The van der Waals surface area contributed by atoms with Crippen LogP contribution in [0.15, 0.2) is 12.3 Å². The molecule has 1 unspecified atom stereocenters. The van der Waals surface area contributed by atoms with E-state index in [1.807, 2.05) is 0 Å². The van der Waals surface area contributed by atoms with E-state index in [0.29, 0.717) is 11.3 Å². The van der Waals surface area contributed by atoms with E-state index >= 15 is 0 Å². The van der Waals surface area contributed by atoms with Crippen LogP contribution in [-0.4, -0.2) is 67.8 Å². The second-order valence-electron chi connectivity index (χ2n) is 6.40. The lowest BCUT2D eigenvalue weighted by atomic mass is 9.89. The van der Waals surface area contributed by atoms with Crippen LogP contribution in [0.1, 0.15) is 13.3 Å². The molecule has 1 aromatic rings. The van der Waals surface area contributed by atoms with Crippen LogP contribution >= 0.6 is 12.4 Å². The zero-order chi connectivity index (χ0) is 14.7. The highest BCUT2D eigenvalue weighted by Crippen LogP contribution is 2.26. The van der Waals surface area contributed by atoms with E-state index in [-0.39, 0.29) is 12.4 Å². The van der Waals surface area contributed by atoms with Crippen LogP contribution < -0.4 is 15.0 Å². The molecule has 1 aromatic heterocycles. The smallest absolute Gasteiger partial charge is 0.228 e. The summed E-state index contributed by atoms with van der Waals surface area (Å²) in [6, 6.07) is 1.79. The van der Waals surface area contributed by atoms with Gasteiger partial charge in [0.25, 0.3) is 0 Å². The molecule has 1 atom stereocenters. The number of piperazine rings is 1. The van der Waals surface area contributed by atoms with Gasteiger partial charge in [-0.25, -0.2) is 4.98 Å². The molecule has 22 heavy (non-hydrogen) atoms. The first-order valence-electron chi connectivity index (χ1n) is 7.74. The van der Waals surface area contributed by atoms with Gasteiger partial charge in [-0.05, 0) is 18.4 Å². The van der Waals surface area contributed by atoms with E-state index in [1.54, 1.807) is 19.4 Å². The van der Waals surface area contributed by atoms with Crippen LogP contribution in [0.4, 0.5) is 5.95 Å². The fourth-order valence-electron chi connectivity index (χ4n) is 3.25. The van der Waals surface area contributed by atoms with Gasteiger partial charge in [0, 0.05) is 51.5 Å². The molecule has 0 aromatic carbocycles. The molecule has 2 aliphatic heterocycles. The average molecular weight is 328 g/mol. The number of hydrogen-bond donors (Lipinski definition) is 1. The van der Waals surface area contributed by atoms with Crippen LogP contribution in [0.3, 0.4) is 0 Å². The van der Waals surface area contributed by atoms with Crippen molar-refractivity contribution in [2.24, 2.45) is 5.41 Å². The Bertz CT molecular complexity index is 473. The van der Waals surface area contributed by atoms with Gasteiger partial charge in [0.2, 0.25) is 11.8 Å². The number of rotatable bonds is 4. The molecule has 2 aliphatic rings. The molecule has 0 saturated carbocycles. The quantitative estimate of drug-likeness (QED) is 0.891. The summed E-state index contributed by atoms with van der Waals surface area (Å²) in [5.74, 6) is 1.41. The van der Waals surface area contributed by atoms with Gasteiger partial charge in [-0.3, -0.25) is 4.90 Å². The zero-order valence-electron chi connectivity index (χ0n) is 13.4. The highest BCUT2D eigenvalue weighted by molar-refractivity contribution is 5.85. The van der Waals surface area contributed by atoms with Gasteiger partial charge < -0.3 is 15.0 Å². The van der Waals surface area contributed by atoms with Gasteiger partial charge in [0.15, 0.2) is 0 Å². The van der Waals surface area contributed by atoms with Crippen molar-refractivity contribution < 1.29 is 4.74 Å².